The van der Waals surface area contributed by atoms with Crippen molar-refractivity contribution in [2.45, 2.75) is 13.0 Å². The van der Waals surface area contributed by atoms with Crippen LogP contribution in [0, 0.1) is 5.82 Å². The zero-order chi connectivity index (χ0) is 8.55. The van der Waals surface area contributed by atoms with Gasteiger partial charge in [-0.05, 0) is 39.5 Å². The molecule has 1 aromatic carbocycles. The smallest absolute Gasteiger partial charge is 0.141 e. The molecule has 0 bridgehead atoms. The summed E-state index contributed by atoms with van der Waals surface area (Å²) in [5, 5.41) is 0. The van der Waals surface area contributed by atoms with Gasteiger partial charge in [-0.2, -0.15) is 0 Å². The van der Waals surface area contributed by atoms with E-state index in [1.165, 1.54) is 0 Å². The Balaban J connectivity index is 2.54. The Morgan fingerprint density at radius 2 is 2.25 bits per heavy atom. The average molecular weight is 231 g/mol. The molecule has 0 aliphatic carbocycles. The van der Waals surface area contributed by atoms with E-state index >= 15 is 0 Å². The summed E-state index contributed by atoms with van der Waals surface area (Å²) in [6.45, 7) is 1.17. The maximum Gasteiger partial charge on any atom is 0.141 e. The van der Waals surface area contributed by atoms with Gasteiger partial charge in [-0.25, -0.2) is 4.39 Å². The Labute approximate surface area is 78.7 Å². The molecule has 1 heterocycles. The van der Waals surface area contributed by atoms with E-state index in [9.17, 15) is 4.39 Å². The Hall–Kier alpha value is -0.410. The zero-order valence-corrected chi connectivity index (χ0v) is 8.03. The Morgan fingerprint density at radius 3 is 3.08 bits per heavy atom. The number of hydrogen-bond donors (Lipinski definition) is 0. The molecular weight excluding hydrogens is 223 g/mol. The lowest BCUT2D eigenvalue weighted by molar-refractivity contribution is 0.109. The molecule has 0 saturated heterocycles. The third-order valence-electron chi connectivity index (χ3n) is 2.05. The molecule has 1 aromatic rings. The summed E-state index contributed by atoms with van der Waals surface area (Å²) in [6.07, 6.45) is 0.681. The molecule has 1 aliphatic rings. The largest absolute Gasteiger partial charge is 0.376 e. The fraction of sp³-hybridized carbons (Fsp3) is 0.333. The Morgan fingerprint density at radius 1 is 1.42 bits per heavy atom. The number of hydrogen-bond acceptors (Lipinski definition) is 1. The summed E-state index contributed by atoms with van der Waals surface area (Å²) >= 11 is 3.16. The van der Waals surface area contributed by atoms with Crippen molar-refractivity contribution in [3.8, 4) is 0 Å². The summed E-state index contributed by atoms with van der Waals surface area (Å²) in [5.41, 5.74) is 1.78. The Bertz CT molecular complexity index is 312. The topological polar surface area (TPSA) is 9.23 Å². The second-order valence-corrected chi connectivity index (χ2v) is 3.66. The molecular formula is C9H8BrFO. The predicted octanol–water partition coefficient (Wildman–Crippen LogP) is 2.66. The van der Waals surface area contributed by atoms with E-state index in [-0.39, 0.29) is 5.82 Å². The minimum atomic E-state index is -0.129. The lowest BCUT2D eigenvalue weighted by Gasteiger charge is -2.17. The van der Waals surface area contributed by atoms with E-state index in [2.05, 4.69) is 15.9 Å². The van der Waals surface area contributed by atoms with Crippen LogP contribution in [0.4, 0.5) is 4.39 Å². The van der Waals surface area contributed by atoms with Crippen molar-refractivity contribution in [3.05, 3.63) is 33.5 Å². The van der Waals surface area contributed by atoms with Gasteiger partial charge in [0, 0.05) is 0 Å². The van der Waals surface area contributed by atoms with Crippen molar-refractivity contribution in [2.24, 2.45) is 0 Å². The molecule has 0 amide bonds. The zero-order valence-electron chi connectivity index (χ0n) is 6.44. The van der Waals surface area contributed by atoms with Crippen LogP contribution >= 0.6 is 15.9 Å². The van der Waals surface area contributed by atoms with Crippen LogP contribution < -0.4 is 0 Å². The summed E-state index contributed by atoms with van der Waals surface area (Å²) in [6, 6.07) is 3.63. The van der Waals surface area contributed by atoms with Gasteiger partial charge in [-0.3, -0.25) is 0 Å². The van der Waals surface area contributed by atoms with Crippen molar-refractivity contribution < 1.29 is 9.13 Å². The van der Waals surface area contributed by atoms with E-state index in [1.807, 2.05) is 6.07 Å². The van der Waals surface area contributed by atoms with Gasteiger partial charge in [0.25, 0.3) is 0 Å². The first-order valence-corrected chi connectivity index (χ1v) is 4.62. The minimum absolute atomic E-state index is 0.129. The molecule has 2 rings (SSSR count). The SMILES string of the molecule is Fc1c(Br)ccc2c1CCOC2. The number of fused-ring (bicyclic) bond motifs is 1. The van der Waals surface area contributed by atoms with Gasteiger partial charge in [0.1, 0.15) is 5.82 Å². The van der Waals surface area contributed by atoms with Crippen molar-refractivity contribution in [2.75, 3.05) is 6.61 Å². The highest BCUT2D eigenvalue weighted by atomic mass is 79.9. The van der Waals surface area contributed by atoms with E-state index in [0.717, 1.165) is 11.1 Å². The number of rotatable bonds is 0. The maximum absolute atomic E-state index is 13.4. The van der Waals surface area contributed by atoms with Crippen molar-refractivity contribution in [1.82, 2.24) is 0 Å². The van der Waals surface area contributed by atoms with Gasteiger partial charge >= 0.3 is 0 Å². The molecule has 0 spiro atoms. The summed E-state index contributed by atoms with van der Waals surface area (Å²) in [5.74, 6) is -0.129. The summed E-state index contributed by atoms with van der Waals surface area (Å²) in [4.78, 5) is 0. The van der Waals surface area contributed by atoms with Crippen molar-refractivity contribution in [3.63, 3.8) is 0 Å². The molecule has 0 aromatic heterocycles. The highest BCUT2D eigenvalue weighted by Gasteiger charge is 2.15. The van der Waals surface area contributed by atoms with E-state index in [4.69, 9.17) is 4.74 Å². The van der Waals surface area contributed by atoms with Gasteiger partial charge in [-0.15, -0.1) is 0 Å². The fourth-order valence-electron chi connectivity index (χ4n) is 1.39. The minimum Gasteiger partial charge on any atom is -0.376 e. The van der Waals surface area contributed by atoms with E-state index < -0.39 is 0 Å². The molecule has 1 nitrogen and oxygen atoms in total. The molecule has 1 aliphatic heterocycles. The van der Waals surface area contributed by atoms with Crippen LogP contribution in [0.5, 0.6) is 0 Å². The fourth-order valence-corrected chi connectivity index (χ4v) is 1.77. The van der Waals surface area contributed by atoms with Gasteiger partial charge in [0.05, 0.1) is 17.7 Å². The molecule has 0 atom stereocenters. The number of benzene rings is 1. The van der Waals surface area contributed by atoms with Gasteiger partial charge in [0.15, 0.2) is 0 Å². The van der Waals surface area contributed by atoms with Crippen LogP contribution in [0.25, 0.3) is 0 Å². The van der Waals surface area contributed by atoms with Crippen LogP contribution in [0.1, 0.15) is 11.1 Å². The van der Waals surface area contributed by atoms with Gasteiger partial charge in [-0.1, -0.05) is 6.07 Å². The monoisotopic (exact) mass is 230 g/mol. The highest BCUT2D eigenvalue weighted by molar-refractivity contribution is 9.10. The van der Waals surface area contributed by atoms with Gasteiger partial charge < -0.3 is 4.74 Å². The third kappa shape index (κ3) is 1.27. The molecule has 12 heavy (non-hydrogen) atoms. The highest BCUT2D eigenvalue weighted by Crippen LogP contribution is 2.25. The first kappa shape index (κ1) is 8.20. The molecule has 3 heteroatoms. The lowest BCUT2D eigenvalue weighted by atomic mass is 10.0. The number of ether oxygens (including phenoxy) is 1. The normalized spacial score (nSPS) is 15.8. The molecule has 0 N–H and O–H groups in total. The van der Waals surface area contributed by atoms with Crippen LogP contribution in [-0.4, -0.2) is 6.61 Å². The molecule has 0 fully saturated rings. The second-order valence-electron chi connectivity index (χ2n) is 2.80. The van der Waals surface area contributed by atoms with Crippen molar-refractivity contribution in [1.29, 1.82) is 0 Å². The molecule has 0 radical (unpaired) electrons. The van der Waals surface area contributed by atoms with Crippen molar-refractivity contribution >= 4 is 15.9 Å². The standard InChI is InChI=1S/C9H8BrFO/c10-8-2-1-6-5-12-4-3-7(6)9(8)11/h1-2H,3-5H2. The average Bonchev–Trinajstić information content (AvgIpc) is 2.12. The Kier molecular flexibility index (Phi) is 2.15. The van der Waals surface area contributed by atoms with Crippen LogP contribution in [0.3, 0.4) is 0 Å². The van der Waals surface area contributed by atoms with E-state index in [0.29, 0.717) is 24.1 Å². The number of halogens is 2. The third-order valence-corrected chi connectivity index (χ3v) is 2.66. The lowest BCUT2D eigenvalue weighted by Crippen LogP contribution is -2.11. The summed E-state index contributed by atoms with van der Waals surface area (Å²) < 4.78 is 19.1. The first-order valence-electron chi connectivity index (χ1n) is 3.82. The van der Waals surface area contributed by atoms with Gasteiger partial charge in [0.2, 0.25) is 0 Å². The van der Waals surface area contributed by atoms with Crippen LogP contribution in [0.2, 0.25) is 0 Å². The second kappa shape index (κ2) is 3.15. The van der Waals surface area contributed by atoms with Crippen LogP contribution in [-0.2, 0) is 17.8 Å². The quantitative estimate of drug-likeness (QED) is 0.666. The van der Waals surface area contributed by atoms with Crippen LogP contribution in [0.15, 0.2) is 16.6 Å². The molecule has 0 saturated carbocycles. The predicted molar refractivity (Wildman–Crippen MR) is 47.5 cm³/mol. The maximum atomic E-state index is 13.4. The molecule has 64 valence electrons. The first-order chi connectivity index (χ1) is 5.79. The summed E-state index contributed by atoms with van der Waals surface area (Å²) in [7, 11) is 0. The van der Waals surface area contributed by atoms with E-state index in [1.54, 1.807) is 6.07 Å². The molecule has 0 unspecified atom stereocenters.